The summed E-state index contributed by atoms with van der Waals surface area (Å²) in [5, 5.41) is 0. The Labute approximate surface area is 84.5 Å². The Hall–Kier alpha value is -1.33. The van der Waals surface area contributed by atoms with Crippen molar-refractivity contribution >= 4 is 5.78 Å². The van der Waals surface area contributed by atoms with Gasteiger partial charge in [-0.3, -0.25) is 4.79 Å². The van der Waals surface area contributed by atoms with Crippen LogP contribution in [0, 0.1) is 5.92 Å². The number of rotatable bonds is 5. The van der Waals surface area contributed by atoms with E-state index in [1.165, 1.54) is 5.57 Å². The number of ketones is 1. The second-order valence-corrected chi connectivity index (χ2v) is 3.84. The van der Waals surface area contributed by atoms with E-state index in [9.17, 15) is 4.79 Å². The first-order valence-electron chi connectivity index (χ1n) is 5.12. The summed E-state index contributed by atoms with van der Waals surface area (Å²) in [4.78, 5) is 11.8. The van der Waals surface area contributed by atoms with Crippen LogP contribution in [0.5, 0.6) is 0 Å². The molecular weight excluding hydrogens is 172 g/mol. The van der Waals surface area contributed by atoms with Crippen LogP contribution in [0.1, 0.15) is 25.7 Å². The van der Waals surface area contributed by atoms with Crippen molar-refractivity contribution in [1.82, 2.24) is 0 Å². The molecule has 0 aromatic rings. The van der Waals surface area contributed by atoms with E-state index in [-0.39, 0.29) is 5.92 Å². The zero-order valence-electron chi connectivity index (χ0n) is 8.25. The van der Waals surface area contributed by atoms with Crippen LogP contribution >= 0.6 is 0 Å². The lowest BCUT2D eigenvalue weighted by molar-refractivity contribution is -0.121. The molecule has 2 rings (SSSR count). The van der Waals surface area contributed by atoms with E-state index in [4.69, 9.17) is 0 Å². The number of allylic oxidation sites excluding steroid dienone is 4. The van der Waals surface area contributed by atoms with E-state index < -0.39 is 0 Å². The fourth-order valence-electron chi connectivity index (χ4n) is 1.99. The van der Waals surface area contributed by atoms with Crippen LogP contribution in [0.4, 0.5) is 0 Å². The van der Waals surface area contributed by atoms with Crippen molar-refractivity contribution in [2.75, 3.05) is 0 Å². The molecule has 1 atom stereocenters. The Morgan fingerprint density at radius 3 is 3.07 bits per heavy atom. The van der Waals surface area contributed by atoms with Gasteiger partial charge in [0.2, 0.25) is 0 Å². The lowest BCUT2D eigenvalue weighted by Gasteiger charge is -2.13. The van der Waals surface area contributed by atoms with Crippen LogP contribution in [0.25, 0.3) is 0 Å². The Morgan fingerprint density at radius 1 is 1.64 bits per heavy atom. The van der Waals surface area contributed by atoms with E-state index in [0.717, 1.165) is 24.8 Å². The highest BCUT2D eigenvalue weighted by atomic mass is 16.1. The van der Waals surface area contributed by atoms with Gasteiger partial charge < -0.3 is 0 Å². The van der Waals surface area contributed by atoms with Gasteiger partial charge in [-0.25, -0.2) is 0 Å². The van der Waals surface area contributed by atoms with Crippen molar-refractivity contribution in [2.24, 2.45) is 5.92 Å². The lowest BCUT2D eigenvalue weighted by atomic mass is 9.88. The third-order valence-corrected chi connectivity index (χ3v) is 2.79. The zero-order valence-corrected chi connectivity index (χ0v) is 8.25. The first-order valence-corrected chi connectivity index (χ1v) is 5.12. The van der Waals surface area contributed by atoms with Gasteiger partial charge >= 0.3 is 0 Å². The average molecular weight is 186 g/mol. The molecular formula is C13H14O. The standard InChI is InChI=1S/C13H14O/c1-2-3-4-5-13(14)12-9-10-6-7-11(12)8-10/h2,6-7,12H,1,3-5,9H2. The monoisotopic (exact) mass is 186 g/mol. The Bertz CT molecular complexity index is 365. The second-order valence-electron chi connectivity index (χ2n) is 3.84. The van der Waals surface area contributed by atoms with Crippen LogP contribution in [-0.4, -0.2) is 5.78 Å². The first kappa shape index (κ1) is 9.23. The summed E-state index contributed by atoms with van der Waals surface area (Å²) in [6.45, 7) is 3.65. The molecule has 0 spiro atoms. The molecule has 0 heterocycles. The molecule has 1 heteroatoms. The molecule has 0 amide bonds. The molecule has 2 bridgehead atoms. The Morgan fingerprint density at radius 2 is 2.50 bits per heavy atom. The molecule has 1 nitrogen and oxygen atoms in total. The molecule has 0 saturated carbocycles. The summed E-state index contributed by atoms with van der Waals surface area (Å²) in [5.41, 5.74) is 5.53. The third-order valence-electron chi connectivity index (χ3n) is 2.79. The molecule has 0 aliphatic heterocycles. The van der Waals surface area contributed by atoms with Crippen LogP contribution in [0.2, 0.25) is 0 Å². The molecule has 0 saturated heterocycles. The quantitative estimate of drug-likeness (QED) is 0.366. The van der Waals surface area contributed by atoms with Crippen LogP contribution in [-0.2, 0) is 4.79 Å². The van der Waals surface area contributed by atoms with E-state index in [1.54, 1.807) is 0 Å². The van der Waals surface area contributed by atoms with Crippen molar-refractivity contribution in [3.05, 3.63) is 41.7 Å². The molecule has 14 heavy (non-hydrogen) atoms. The average Bonchev–Trinajstić information content (AvgIpc) is 2.79. The first-order chi connectivity index (χ1) is 6.81. The number of carbonyl (C=O) groups is 1. The molecule has 0 fully saturated rings. The van der Waals surface area contributed by atoms with Crippen LogP contribution < -0.4 is 0 Å². The summed E-state index contributed by atoms with van der Waals surface area (Å²) in [6, 6.07) is 0. The largest absolute Gasteiger partial charge is 0.299 e. The highest BCUT2D eigenvalue weighted by Crippen LogP contribution is 2.34. The summed E-state index contributed by atoms with van der Waals surface area (Å²) in [7, 11) is 0. The van der Waals surface area contributed by atoms with Gasteiger partial charge in [-0.1, -0.05) is 12.2 Å². The summed E-state index contributed by atoms with van der Waals surface area (Å²) in [5.74, 6) is 0.494. The van der Waals surface area contributed by atoms with Crippen LogP contribution in [0.3, 0.4) is 0 Å². The predicted molar refractivity (Wildman–Crippen MR) is 56.8 cm³/mol. The SMILES string of the molecule is C=CCCCC(=O)C1CC2=C=C1C=C2. The van der Waals surface area contributed by atoms with Crippen molar-refractivity contribution in [3.8, 4) is 0 Å². The highest BCUT2D eigenvalue weighted by molar-refractivity contribution is 5.86. The summed E-state index contributed by atoms with van der Waals surface area (Å²) < 4.78 is 0. The molecule has 2 aliphatic rings. The molecule has 2 aliphatic carbocycles. The maximum atomic E-state index is 11.8. The van der Waals surface area contributed by atoms with Gasteiger partial charge in [-0.2, -0.15) is 0 Å². The number of hydrogen-bond acceptors (Lipinski definition) is 1. The predicted octanol–water partition coefficient (Wildman–Crippen LogP) is 2.95. The minimum absolute atomic E-state index is 0.125. The highest BCUT2D eigenvalue weighted by Gasteiger charge is 2.28. The van der Waals surface area contributed by atoms with Gasteiger partial charge in [-0.05, 0) is 30.9 Å². The van der Waals surface area contributed by atoms with Gasteiger partial charge in [0.1, 0.15) is 5.78 Å². The number of hydrogen-bond donors (Lipinski definition) is 0. The fourth-order valence-corrected chi connectivity index (χ4v) is 1.99. The van der Waals surface area contributed by atoms with Crippen molar-refractivity contribution < 1.29 is 4.79 Å². The van der Waals surface area contributed by atoms with Crippen molar-refractivity contribution in [2.45, 2.75) is 25.7 Å². The fraction of sp³-hybridized carbons (Fsp3) is 0.385. The second kappa shape index (κ2) is 3.81. The third kappa shape index (κ3) is 1.64. The molecule has 0 aromatic carbocycles. The van der Waals surface area contributed by atoms with Crippen LogP contribution in [0.15, 0.2) is 41.7 Å². The molecule has 72 valence electrons. The zero-order chi connectivity index (χ0) is 9.97. The van der Waals surface area contributed by atoms with E-state index in [2.05, 4.69) is 18.4 Å². The maximum absolute atomic E-state index is 11.8. The van der Waals surface area contributed by atoms with Gasteiger partial charge in [0.05, 0.1) is 5.92 Å². The van der Waals surface area contributed by atoms with Crippen molar-refractivity contribution in [3.63, 3.8) is 0 Å². The molecule has 0 N–H and O–H groups in total. The Balaban J connectivity index is 1.86. The number of unbranched alkanes of at least 4 members (excludes halogenated alkanes) is 1. The van der Waals surface area contributed by atoms with E-state index in [0.29, 0.717) is 12.2 Å². The lowest BCUT2D eigenvalue weighted by Crippen LogP contribution is -2.15. The molecule has 1 unspecified atom stereocenters. The number of Topliss-reactive ketones (excluding diaryl/α,β-unsaturated/α-hetero) is 1. The van der Waals surface area contributed by atoms with E-state index >= 15 is 0 Å². The molecule has 0 radical (unpaired) electrons. The number of carbonyl (C=O) groups excluding carboxylic acids is 1. The minimum Gasteiger partial charge on any atom is -0.299 e. The van der Waals surface area contributed by atoms with Gasteiger partial charge in [0, 0.05) is 12.0 Å². The van der Waals surface area contributed by atoms with Gasteiger partial charge in [0.15, 0.2) is 0 Å². The normalized spacial score (nSPS) is 22.1. The van der Waals surface area contributed by atoms with Gasteiger partial charge in [0.25, 0.3) is 0 Å². The minimum atomic E-state index is 0.125. The van der Waals surface area contributed by atoms with Crippen molar-refractivity contribution in [1.29, 1.82) is 0 Å². The smallest absolute Gasteiger partial charge is 0.141 e. The maximum Gasteiger partial charge on any atom is 0.141 e. The summed E-state index contributed by atoms with van der Waals surface area (Å²) >= 11 is 0. The molecule has 0 aromatic heterocycles. The van der Waals surface area contributed by atoms with Gasteiger partial charge in [-0.15, -0.1) is 12.3 Å². The van der Waals surface area contributed by atoms with E-state index in [1.807, 2.05) is 12.2 Å². The topological polar surface area (TPSA) is 17.1 Å². The summed E-state index contributed by atoms with van der Waals surface area (Å²) in [6.07, 6.45) is 9.40. The Kier molecular flexibility index (Phi) is 2.51.